The number of nitrogens with two attached hydrogens (primary N) is 1. The number of amides is 1. The lowest BCUT2D eigenvalue weighted by atomic mass is 10.3. The predicted molar refractivity (Wildman–Crippen MR) is 50.3 cm³/mol. The van der Waals surface area contributed by atoms with E-state index in [-0.39, 0.29) is 17.6 Å². The highest BCUT2D eigenvalue weighted by Crippen LogP contribution is 2.10. The molecule has 0 bridgehead atoms. The maximum atomic E-state index is 11.0. The Balaban J connectivity index is 2.26. The maximum absolute atomic E-state index is 11.0. The van der Waals surface area contributed by atoms with Gasteiger partial charge in [-0.15, -0.1) is 11.8 Å². The Morgan fingerprint density at radius 1 is 1.77 bits per heavy atom. The standard InChI is InChI=1S/C7H12N4OS/c8-2-1-3-13-7-10-5(9)4-6(12)11-7/h5,7,10H,1,3-4,9H2,(H,11,12). The molecule has 5 nitrogen and oxygen atoms in total. The predicted octanol–water partition coefficient (Wildman–Crippen LogP) is -0.689. The van der Waals surface area contributed by atoms with Crippen molar-refractivity contribution in [1.29, 1.82) is 5.26 Å². The van der Waals surface area contributed by atoms with Gasteiger partial charge in [-0.2, -0.15) is 5.26 Å². The van der Waals surface area contributed by atoms with Crippen LogP contribution in [0, 0.1) is 11.3 Å². The summed E-state index contributed by atoms with van der Waals surface area (Å²) in [6, 6.07) is 2.04. The Morgan fingerprint density at radius 2 is 2.54 bits per heavy atom. The molecule has 2 atom stereocenters. The third kappa shape index (κ3) is 3.63. The van der Waals surface area contributed by atoms with E-state index in [1.54, 1.807) is 0 Å². The zero-order valence-corrected chi connectivity index (χ0v) is 7.93. The van der Waals surface area contributed by atoms with Crippen molar-refractivity contribution in [1.82, 2.24) is 10.6 Å². The Bertz CT molecular complexity index is 227. The highest BCUT2D eigenvalue weighted by Gasteiger charge is 2.22. The van der Waals surface area contributed by atoms with Crippen molar-refractivity contribution in [2.75, 3.05) is 5.75 Å². The minimum Gasteiger partial charge on any atom is -0.332 e. The second kappa shape index (κ2) is 5.07. The van der Waals surface area contributed by atoms with Crippen molar-refractivity contribution in [3.8, 4) is 6.07 Å². The summed E-state index contributed by atoms with van der Waals surface area (Å²) in [4.78, 5) is 11.0. The number of thioether (sulfide) groups is 1. The van der Waals surface area contributed by atoms with Gasteiger partial charge in [-0.3, -0.25) is 10.1 Å². The van der Waals surface area contributed by atoms with E-state index in [2.05, 4.69) is 10.6 Å². The van der Waals surface area contributed by atoms with Gasteiger partial charge >= 0.3 is 0 Å². The number of hydrogen-bond donors (Lipinski definition) is 3. The van der Waals surface area contributed by atoms with Crippen LogP contribution in [-0.2, 0) is 4.79 Å². The smallest absolute Gasteiger partial charge is 0.224 e. The van der Waals surface area contributed by atoms with Crippen LogP contribution in [0.15, 0.2) is 0 Å². The van der Waals surface area contributed by atoms with Crippen LogP contribution in [0.4, 0.5) is 0 Å². The lowest BCUT2D eigenvalue weighted by molar-refractivity contribution is -0.123. The van der Waals surface area contributed by atoms with Gasteiger partial charge in [0.15, 0.2) is 0 Å². The first-order valence-electron chi connectivity index (χ1n) is 4.02. The third-order valence-corrected chi connectivity index (χ3v) is 2.59. The largest absolute Gasteiger partial charge is 0.332 e. The van der Waals surface area contributed by atoms with Crippen molar-refractivity contribution >= 4 is 17.7 Å². The normalized spacial score (nSPS) is 27.8. The second-order valence-electron chi connectivity index (χ2n) is 2.70. The van der Waals surface area contributed by atoms with Crippen LogP contribution >= 0.6 is 11.8 Å². The molecule has 72 valence electrons. The molecular weight excluding hydrogens is 188 g/mol. The Morgan fingerprint density at radius 3 is 3.15 bits per heavy atom. The van der Waals surface area contributed by atoms with E-state index in [1.807, 2.05) is 6.07 Å². The van der Waals surface area contributed by atoms with Gasteiger partial charge in [0.05, 0.1) is 18.7 Å². The zero-order valence-electron chi connectivity index (χ0n) is 7.12. The molecule has 0 aliphatic carbocycles. The van der Waals surface area contributed by atoms with Crippen molar-refractivity contribution in [3.05, 3.63) is 0 Å². The minimum atomic E-state index is -0.270. The van der Waals surface area contributed by atoms with E-state index in [9.17, 15) is 4.79 Å². The van der Waals surface area contributed by atoms with Gasteiger partial charge in [-0.1, -0.05) is 0 Å². The first-order valence-corrected chi connectivity index (χ1v) is 5.07. The average molecular weight is 200 g/mol. The number of rotatable bonds is 3. The summed E-state index contributed by atoms with van der Waals surface area (Å²) in [5.74, 6) is 0.655. The van der Waals surface area contributed by atoms with Crippen LogP contribution in [0.25, 0.3) is 0 Å². The number of nitrogens with zero attached hydrogens (tertiary/aromatic N) is 1. The van der Waals surface area contributed by atoms with Crippen LogP contribution in [0.5, 0.6) is 0 Å². The van der Waals surface area contributed by atoms with E-state index in [1.165, 1.54) is 11.8 Å². The summed E-state index contributed by atoms with van der Waals surface area (Å²) >= 11 is 1.48. The van der Waals surface area contributed by atoms with Gasteiger partial charge in [-0.05, 0) is 0 Å². The van der Waals surface area contributed by atoms with Gasteiger partial charge < -0.3 is 11.1 Å². The first-order chi connectivity index (χ1) is 6.22. The molecule has 0 aromatic carbocycles. The van der Waals surface area contributed by atoms with Crippen LogP contribution in [0.3, 0.4) is 0 Å². The molecule has 0 saturated carbocycles. The molecule has 0 spiro atoms. The molecular formula is C7H12N4OS. The third-order valence-electron chi connectivity index (χ3n) is 1.56. The molecule has 4 N–H and O–H groups in total. The summed E-state index contributed by atoms with van der Waals surface area (Å²) in [5, 5.41) is 14.0. The molecule has 6 heteroatoms. The van der Waals surface area contributed by atoms with Gasteiger partial charge in [0.25, 0.3) is 0 Å². The van der Waals surface area contributed by atoms with Gasteiger partial charge in [0.2, 0.25) is 5.91 Å². The first kappa shape index (κ1) is 10.3. The Kier molecular flexibility index (Phi) is 4.02. The van der Waals surface area contributed by atoms with E-state index in [4.69, 9.17) is 11.0 Å². The summed E-state index contributed by atoms with van der Waals surface area (Å²) in [5.41, 5.74) is 5.42. The quantitative estimate of drug-likeness (QED) is 0.525. The molecule has 1 aliphatic heterocycles. The zero-order chi connectivity index (χ0) is 9.68. The van der Waals surface area contributed by atoms with E-state index < -0.39 is 0 Å². The lowest BCUT2D eigenvalue weighted by Gasteiger charge is -2.28. The molecule has 13 heavy (non-hydrogen) atoms. The van der Waals surface area contributed by atoms with Gasteiger partial charge in [0.1, 0.15) is 5.50 Å². The second-order valence-corrected chi connectivity index (χ2v) is 3.92. The maximum Gasteiger partial charge on any atom is 0.224 e. The molecule has 0 radical (unpaired) electrons. The number of nitrogens with one attached hydrogen (secondary N) is 2. The topological polar surface area (TPSA) is 90.9 Å². The highest BCUT2D eigenvalue weighted by molar-refractivity contribution is 7.99. The fraction of sp³-hybridized carbons (Fsp3) is 0.714. The minimum absolute atomic E-state index is 0.0410. The molecule has 1 fully saturated rings. The van der Waals surface area contributed by atoms with E-state index in [0.29, 0.717) is 18.6 Å². The molecule has 1 aliphatic rings. The number of carbonyl (C=O) groups is 1. The molecule has 1 rings (SSSR count). The summed E-state index contributed by atoms with van der Waals surface area (Å²) < 4.78 is 0. The highest BCUT2D eigenvalue weighted by atomic mass is 32.2. The monoisotopic (exact) mass is 200 g/mol. The van der Waals surface area contributed by atoms with Crippen LogP contribution in [-0.4, -0.2) is 23.3 Å². The van der Waals surface area contributed by atoms with Crippen molar-refractivity contribution in [2.45, 2.75) is 24.5 Å². The van der Waals surface area contributed by atoms with Crippen LogP contribution < -0.4 is 16.4 Å². The summed E-state index contributed by atoms with van der Waals surface area (Å²) in [6.45, 7) is 0. The fourth-order valence-electron chi connectivity index (χ4n) is 1.01. The van der Waals surface area contributed by atoms with Crippen LogP contribution in [0.2, 0.25) is 0 Å². The molecule has 1 heterocycles. The van der Waals surface area contributed by atoms with E-state index >= 15 is 0 Å². The lowest BCUT2D eigenvalue weighted by Crippen LogP contribution is -2.58. The van der Waals surface area contributed by atoms with Gasteiger partial charge in [0, 0.05) is 12.2 Å². The number of hydrogen-bond acceptors (Lipinski definition) is 5. The molecule has 0 aromatic heterocycles. The molecule has 1 saturated heterocycles. The van der Waals surface area contributed by atoms with Crippen LogP contribution in [0.1, 0.15) is 12.8 Å². The SMILES string of the molecule is N#CCCSC1NC(=O)CC(N)N1. The van der Waals surface area contributed by atoms with E-state index in [0.717, 1.165) is 0 Å². The number of carbonyl (C=O) groups excluding carboxylic acids is 1. The van der Waals surface area contributed by atoms with Crippen molar-refractivity contribution in [2.24, 2.45) is 5.73 Å². The van der Waals surface area contributed by atoms with Gasteiger partial charge in [-0.25, -0.2) is 0 Å². The van der Waals surface area contributed by atoms with Crippen molar-refractivity contribution in [3.63, 3.8) is 0 Å². The fourth-order valence-corrected chi connectivity index (χ4v) is 1.94. The average Bonchev–Trinajstić information content (AvgIpc) is 2.03. The summed E-state index contributed by atoms with van der Waals surface area (Å²) in [6.07, 6.45) is 0.525. The summed E-state index contributed by atoms with van der Waals surface area (Å²) in [7, 11) is 0. The molecule has 1 amide bonds. The Hall–Kier alpha value is -0.770. The number of nitriles is 1. The van der Waals surface area contributed by atoms with Crippen molar-refractivity contribution < 1.29 is 4.79 Å². The Labute approximate surface area is 81.0 Å². The molecule has 2 unspecified atom stereocenters. The molecule has 0 aromatic rings.